The molecule has 0 radical (unpaired) electrons. The number of rotatable bonds is 2. The Bertz CT molecular complexity index is 231. The Labute approximate surface area is 84.2 Å². The van der Waals surface area contributed by atoms with Crippen molar-refractivity contribution in [3.8, 4) is 0 Å². The van der Waals surface area contributed by atoms with Gasteiger partial charge in [-0.3, -0.25) is 9.69 Å². The normalized spacial score (nSPS) is 32.9. The molecule has 4 heteroatoms. The summed E-state index contributed by atoms with van der Waals surface area (Å²) in [5.41, 5.74) is 0. The third-order valence-electron chi connectivity index (χ3n) is 2.88. The monoisotopic (exact) mass is 199 g/mol. The van der Waals surface area contributed by atoms with Gasteiger partial charge in [0.25, 0.3) is 11.8 Å². The van der Waals surface area contributed by atoms with E-state index in [4.69, 9.17) is 9.47 Å². The van der Waals surface area contributed by atoms with E-state index in [-0.39, 0.29) is 12.5 Å². The van der Waals surface area contributed by atoms with Crippen LogP contribution in [0.4, 0.5) is 0 Å². The maximum absolute atomic E-state index is 11.6. The largest absolute Gasteiger partial charge is 0.333 e. The first-order valence-electron chi connectivity index (χ1n) is 5.37. The van der Waals surface area contributed by atoms with Gasteiger partial charge in [-0.15, -0.1) is 0 Å². The van der Waals surface area contributed by atoms with Crippen molar-refractivity contribution in [3.63, 3.8) is 0 Å². The quantitative estimate of drug-likeness (QED) is 0.668. The average molecular weight is 199 g/mol. The van der Waals surface area contributed by atoms with Crippen molar-refractivity contribution in [2.75, 3.05) is 19.8 Å². The molecule has 0 aromatic carbocycles. The highest BCUT2D eigenvalue weighted by Gasteiger charge is 2.47. The second-order valence-electron chi connectivity index (χ2n) is 3.79. The molecule has 0 aromatic heterocycles. The topological polar surface area (TPSA) is 38.8 Å². The Balaban J connectivity index is 2.18. The molecule has 80 valence electrons. The van der Waals surface area contributed by atoms with Gasteiger partial charge in [0.15, 0.2) is 0 Å². The molecular weight excluding hydrogens is 182 g/mol. The minimum atomic E-state index is -0.720. The molecule has 4 nitrogen and oxygen atoms in total. The molecule has 2 rings (SSSR count). The number of hydrogen-bond acceptors (Lipinski definition) is 3. The first kappa shape index (κ1) is 9.93. The molecule has 0 aromatic rings. The number of carbonyl (C=O) groups is 1. The van der Waals surface area contributed by atoms with Gasteiger partial charge in [0.2, 0.25) is 0 Å². The molecule has 1 atom stereocenters. The van der Waals surface area contributed by atoms with Crippen molar-refractivity contribution < 1.29 is 14.3 Å². The van der Waals surface area contributed by atoms with Gasteiger partial charge in [0.05, 0.1) is 0 Å². The molecule has 2 aliphatic heterocycles. The molecule has 0 N–H and O–H groups in total. The van der Waals surface area contributed by atoms with Gasteiger partial charge in [-0.2, -0.15) is 0 Å². The molecule has 0 saturated carbocycles. The molecule has 1 amide bonds. The lowest BCUT2D eigenvalue weighted by atomic mass is 10.2. The standard InChI is InChI=1S/C10H17NO3/c1-2-13-10-6-4-3-5-7-11(10)9(12)8-14-10/h2-8H2,1H3. The van der Waals surface area contributed by atoms with E-state index in [1.54, 1.807) is 4.90 Å². The van der Waals surface area contributed by atoms with E-state index in [2.05, 4.69) is 0 Å². The van der Waals surface area contributed by atoms with Crippen LogP contribution in [0.3, 0.4) is 0 Å². The first-order chi connectivity index (χ1) is 6.78. The van der Waals surface area contributed by atoms with Gasteiger partial charge >= 0.3 is 0 Å². The third-order valence-corrected chi connectivity index (χ3v) is 2.88. The molecule has 0 bridgehead atoms. The van der Waals surface area contributed by atoms with E-state index in [1.165, 1.54) is 0 Å². The summed E-state index contributed by atoms with van der Waals surface area (Å²) >= 11 is 0. The van der Waals surface area contributed by atoms with Crippen molar-refractivity contribution >= 4 is 5.91 Å². The minimum absolute atomic E-state index is 0.0698. The highest BCUT2D eigenvalue weighted by molar-refractivity contribution is 5.79. The zero-order chi connectivity index (χ0) is 10.0. The van der Waals surface area contributed by atoms with E-state index in [9.17, 15) is 4.79 Å². The first-order valence-corrected chi connectivity index (χ1v) is 5.37. The van der Waals surface area contributed by atoms with Crippen molar-refractivity contribution in [2.45, 2.75) is 38.5 Å². The molecule has 2 aliphatic rings. The Morgan fingerprint density at radius 3 is 3.14 bits per heavy atom. The van der Waals surface area contributed by atoms with E-state index in [0.717, 1.165) is 32.2 Å². The highest BCUT2D eigenvalue weighted by atomic mass is 16.7. The summed E-state index contributed by atoms with van der Waals surface area (Å²) in [5.74, 6) is -0.650. The summed E-state index contributed by atoms with van der Waals surface area (Å²) in [5, 5.41) is 0. The van der Waals surface area contributed by atoms with Crippen LogP contribution in [0.1, 0.15) is 32.6 Å². The lowest BCUT2D eigenvalue weighted by molar-refractivity contribution is -0.273. The van der Waals surface area contributed by atoms with Crippen LogP contribution >= 0.6 is 0 Å². The average Bonchev–Trinajstić information content (AvgIpc) is 2.39. The van der Waals surface area contributed by atoms with Gasteiger partial charge in [-0.25, -0.2) is 0 Å². The lowest BCUT2D eigenvalue weighted by Crippen LogP contribution is -2.48. The number of fused-ring (bicyclic) bond motifs is 1. The Morgan fingerprint density at radius 2 is 2.36 bits per heavy atom. The van der Waals surface area contributed by atoms with Gasteiger partial charge < -0.3 is 9.47 Å². The van der Waals surface area contributed by atoms with Crippen molar-refractivity contribution in [2.24, 2.45) is 0 Å². The highest BCUT2D eigenvalue weighted by Crippen LogP contribution is 2.33. The molecule has 14 heavy (non-hydrogen) atoms. The zero-order valence-electron chi connectivity index (χ0n) is 8.62. The van der Waals surface area contributed by atoms with Gasteiger partial charge in [0, 0.05) is 19.6 Å². The molecule has 2 fully saturated rings. The molecule has 2 saturated heterocycles. The zero-order valence-corrected chi connectivity index (χ0v) is 8.62. The fourth-order valence-corrected chi connectivity index (χ4v) is 2.23. The second kappa shape index (κ2) is 3.87. The van der Waals surface area contributed by atoms with Crippen molar-refractivity contribution in [1.29, 1.82) is 0 Å². The number of amides is 1. The Kier molecular flexibility index (Phi) is 2.74. The SMILES string of the molecule is CCOC12CCCCCN1C(=O)CO2. The molecule has 2 heterocycles. The fraction of sp³-hybridized carbons (Fsp3) is 0.900. The van der Waals surface area contributed by atoms with Crippen LogP contribution in [-0.4, -0.2) is 36.5 Å². The molecule has 1 unspecified atom stereocenters. The summed E-state index contributed by atoms with van der Waals surface area (Å²) in [6.45, 7) is 3.48. The van der Waals surface area contributed by atoms with Crippen molar-refractivity contribution in [3.05, 3.63) is 0 Å². The van der Waals surface area contributed by atoms with Gasteiger partial charge in [-0.1, -0.05) is 6.42 Å². The number of carbonyl (C=O) groups excluding carboxylic acids is 1. The van der Waals surface area contributed by atoms with Crippen LogP contribution in [0.25, 0.3) is 0 Å². The van der Waals surface area contributed by atoms with Crippen LogP contribution in [0.5, 0.6) is 0 Å². The molecule has 0 spiro atoms. The van der Waals surface area contributed by atoms with Gasteiger partial charge in [0.1, 0.15) is 6.61 Å². The summed E-state index contributed by atoms with van der Waals surface area (Å²) in [6, 6.07) is 0. The van der Waals surface area contributed by atoms with Crippen LogP contribution < -0.4 is 0 Å². The lowest BCUT2D eigenvalue weighted by Gasteiger charge is -2.34. The van der Waals surface area contributed by atoms with E-state index in [1.807, 2.05) is 6.92 Å². The number of ether oxygens (including phenoxy) is 2. The number of nitrogens with zero attached hydrogens (tertiary/aromatic N) is 1. The second-order valence-corrected chi connectivity index (χ2v) is 3.79. The minimum Gasteiger partial charge on any atom is -0.333 e. The summed E-state index contributed by atoms with van der Waals surface area (Å²) in [7, 11) is 0. The molecular formula is C10H17NO3. The van der Waals surface area contributed by atoms with Crippen LogP contribution in [0.2, 0.25) is 0 Å². The van der Waals surface area contributed by atoms with Crippen LogP contribution in [-0.2, 0) is 14.3 Å². The Hall–Kier alpha value is -0.610. The van der Waals surface area contributed by atoms with E-state index in [0.29, 0.717) is 6.61 Å². The predicted octanol–water partition coefficient (Wildman–Crippen LogP) is 1.11. The fourth-order valence-electron chi connectivity index (χ4n) is 2.23. The van der Waals surface area contributed by atoms with Gasteiger partial charge in [-0.05, 0) is 19.8 Å². The third kappa shape index (κ3) is 1.53. The molecule has 0 aliphatic carbocycles. The predicted molar refractivity (Wildman–Crippen MR) is 50.5 cm³/mol. The summed E-state index contributed by atoms with van der Waals surface area (Å²) < 4.78 is 11.2. The van der Waals surface area contributed by atoms with Crippen LogP contribution in [0, 0.1) is 0 Å². The smallest absolute Gasteiger partial charge is 0.254 e. The maximum atomic E-state index is 11.6. The Morgan fingerprint density at radius 1 is 1.50 bits per heavy atom. The van der Waals surface area contributed by atoms with Crippen LogP contribution in [0.15, 0.2) is 0 Å². The number of hydrogen-bond donors (Lipinski definition) is 0. The van der Waals surface area contributed by atoms with E-state index < -0.39 is 5.91 Å². The van der Waals surface area contributed by atoms with Crippen molar-refractivity contribution in [1.82, 2.24) is 4.90 Å². The maximum Gasteiger partial charge on any atom is 0.254 e. The van der Waals surface area contributed by atoms with E-state index >= 15 is 0 Å². The summed E-state index contributed by atoms with van der Waals surface area (Å²) in [4.78, 5) is 13.3. The summed E-state index contributed by atoms with van der Waals surface area (Å²) in [6.07, 6.45) is 4.10.